The standard InChI is InChI=1S/C14H19BrN2O2/c1-7-9(3)19-10(4)13(7)12(18)6-11-14(15)8(2)16-17(11)5/h12,18H,6H2,1-5H3. The Labute approximate surface area is 121 Å². The zero-order chi connectivity index (χ0) is 14.3. The highest BCUT2D eigenvalue weighted by Gasteiger charge is 2.22. The van der Waals surface area contributed by atoms with Crippen LogP contribution in [0.3, 0.4) is 0 Å². The molecule has 0 aliphatic heterocycles. The Morgan fingerprint density at radius 2 is 1.89 bits per heavy atom. The lowest BCUT2D eigenvalue weighted by molar-refractivity contribution is 0.173. The molecule has 0 spiro atoms. The summed E-state index contributed by atoms with van der Waals surface area (Å²) in [7, 11) is 1.89. The van der Waals surface area contributed by atoms with E-state index < -0.39 is 6.10 Å². The second-order valence-corrected chi connectivity index (χ2v) is 5.74. The number of hydrogen-bond acceptors (Lipinski definition) is 3. The van der Waals surface area contributed by atoms with E-state index in [-0.39, 0.29) is 0 Å². The molecule has 1 N–H and O–H groups in total. The minimum Gasteiger partial charge on any atom is -0.466 e. The number of hydrogen-bond donors (Lipinski definition) is 1. The van der Waals surface area contributed by atoms with Crippen LogP contribution in [-0.4, -0.2) is 14.9 Å². The molecule has 0 aliphatic rings. The van der Waals surface area contributed by atoms with Gasteiger partial charge in [-0.3, -0.25) is 4.68 Å². The van der Waals surface area contributed by atoms with Crippen molar-refractivity contribution >= 4 is 15.9 Å². The lowest BCUT2D eigenvalue weighted by Gasteiger charge is -2.12. The van der Waals surface area contributed by atoms with Crippen LogP contribution in [0.5, 0.6) is 0 Å². The van der Waals surface area contributed by atoms with Gasteiger partial charge in [-0.25, -0.2) is 0 Å². The number of aliphatic hydroxyl groups excluding tert-OH is 1. The van der Waals surface area contributed by atoms with Crippen molar-refractivity contribution in [3.8, 4) is 0 Å². The van der Waals surface area contributed by atoms with E-state index in [4.69, 9.17) is 4.42 Å². The summed E-state index contributed by atoms with van der Waals surface area (Å²) in [6.45, 7) is 7.73. The minimum absolute atomic E-state index is 0.512. The maximum atomic E-state index is 10.5. The van der Waals surface area contributed by atoms with E-state index in [1.54, 1.807) is 4.68 Å². The summed E-state index contributed by atoms with van der Waals surface area (Å²) < 4.78 is 8.34. The quantitative estimate of drug-likeness (QED) is 0.941. The number of rotatable bonds is 3. The van der Waals surface area contributed by atoms with Gasteiger partial charge in [0.05, 0.1) is 22.0 Å². The second kappa shape index (κ2) is 5.13. The normalized spacial score (nSPS) is 13.0. The summed E-state index contributed by atoms with van der Waals surface area (Å²) in [4.78, 5) is 0. The average molecular weight is 327 g/mol. The van der Waals surface area contributed by atoms with Crippen molar-refractivity contribution in [2.24, 2.45) is 7.05 Å². The molecule has 0 aliphatic carbocycles. The molecule has 104 valence electrons. The molecular formula is C14H19BrN2O2. The fourth-order valence-corrected chi connectivity index (χ4v) is 2.98. The molecule has 0 fully saturated rings. The number of aryl methyl sites for hydroxylation is 4. The number of aliphatic hydroxyl groups is 1. The average Bonchev–Trinajstić information content (AvgIpc) is 2.70. The Morgan fingerprint density at radius 3 is 2.32 bits per heavy atom. The van der Waals surface area contributed by atoms with Gasteiger partial charge in [0.25, 0.3) is 0 Å². The molecule has 0 saturated heterocycles. The van der Waals surface area contributed by atoms with Gasteiger partial charge in [-0.05, 0) is 49.2 Å². The SMILES string of the molecule is Cc1nn(C)c(CC(O)c2c(C)oc(C)c2C)c1Br. The smallest absolute Gasteiger partial charge is 0.107 e. The molecule has 0 bridgehead atoms. The maximum absolute atomic E-state index is 10.5. The van der Waals surface area contributed by atoms with Crippen LogP contribution in [0.15, 0.2) is 8.89 Å². The molecular weight excluding hydrogens is 308 g/mol. The topological polar surface area (TPSA) is 51.2 Å². The van der Waals surface area contributed by atoms with E-state index >= 15 is 0 Å². The van der Waals surface area contributed by atoms with Crippen molar-refractivity contribution in [1.82, 2.24) is 9.78 Å². The summed E-state index contributed by atoms with van der Waals surface area (Å²) in [6.07, 6.45) is -0.0676. The van der Waals surface area contributed by atoms with E-state index in [0.29, 0.717) is 6.42 Å². The van der Waals surface area contributed by atoms with E-state index in [1.165, 1.54) is 0 Å². The molecule has 0 saturated carbocycles. The van der Waals surface area contributed by atoms with Crippen molar-refractivity contribution in [1.29, 1.82) is 0 Å². The van der Waals surface area contributed by atoms with Crippen LogP contribution in [0.25, 0.3) is 0 Å². The lowest BCUT2D eigenvalue weighted by Crippen LogP contribution is -2.08. The first kappa shape index (κ1) is 14.3. The number of aromatic nitrogens is 2. The predicted octanol–water partition coefficient (Wildman–Crippen LogP) is 3.29. The highest BCUT2D eigenvalue weighted by Crippen LogP contribution is 2.31. The third-order valence-corrected chi connectivity index (χ3v) is 4.63. The number of nitrogens with zero attached hydrogens (tertiary/aromatic N) is 2. The van der Waals surface area contributed by atoms with Gasteiger partial charge in [0.2, 0.25) is 0 Å². The van der Waals surface area contributed by atoms with Gasteiger partial charge in [0.1, 0.15) is 11.5 Å². The van der Waals surface area contributed by atoms with Crippen LogP contribution in [0.4, 0.5) is 0 Å². The van der Waals surface area contributed by atoms with Crippen LogP contribution in [0, 0.1) is 27.7 Å². The van der Waals surface area contributed by atoms with Gasteiger partial charge in [-0.15, -0.1) is 0 Å². The largest absolute Gasteiger partial charge is 0.466 e. The van der Waals surface area contributed by atoms with Crippen LogP contribution in [-0.2, 0) is 13.5 Å². The van der Waals surface area contributed by atoms with Crippen LogP contribution >= 0.6 is 15.9 Å². The molecule has 1 atom stereocenters. The fraction of sp³-hybridized carbons (Fsp3) is 0.500. The molecule has 19 heavy (non-hydrogen) atoms. The molecule has 5 heteroatoms. The molecule has 0 aromatic carbocycles. The predicted molar refractivity (Wildman–Crippen MR) is 77.2 cm³/mol. The lowest BCUT2D eigenvalue weighted by atomic mass is 10.0. The van der Waals surface area contributed by atoms with Gasteiger partial charge < -0.3 is 9.52 Å². The zero-order valence-electron chi connectivity index (χ0n) is 11.9. The number of halogens is 1. The highest BCUT2D eigenvalue weighted by molar-refractivity contribution is 9.10. The molecule has 2 aromatic rings. The molecule has 0 amide bonds. The Bertz CT molecular complexity index is 613. The Kier molecular flexibility index (Phi) is 3.87. The summed E-state index contributed by atoms with van der Waals surface area (Å²) >= 11 is 3.53. The Hall–Kier alpha value is -1.07. The summed E-state index contributed by atoms with van der Waals surface area (Å²) in [5.74, 6) is 1.66. The monoisotopic (exact) mass is 326 g/mol. The fourth-order valence-electron chi connectivity index (χ4n) is 2.49. The van der Waals surface area contributed by atoms with Gasteiger partial charge in [0, 0.05) is 19.0 Å². The summed E-state index contributed by atoms with van der Waals surface area (Å²) in [5.41, 5.74) is 3.84. The van der Waals surface area contributed by atoms with Gasteiger partial charge in [-0.2, -0.15) is 5.10 Å². The van der Waals surface area contributed by atoms with Crippen molar-refractivity contribution in [3.05, 3.63) is 38.5 Å². The molecule has 2 rings (SSSR count). The van der Waals surface area contributed by atoms with Crippen LogP contribution in [0.1, 0.15) is 40.1 Å². The first-order valence-corrected chi connectivity index (χ1v) is 7.04. The zero-order valence-corrected chi connectivity index (χ0v) is 13.5. The van der Waals surface area contributed by atoms with Crippen LogP contribution in [0.2, 0.25) is 0 Å². The first-order valence-electron chi connectivity index (χ1n) is 6.25. The molecule has 0 radical (unpaired) electrons. The van der Waals surface area contributed by atoms with Crippen molar-refractivity contribution in [2.45, 2.75) is 40.2 Å². The minimum atomic E-state index is -0.580. The third kappa shape index (κ3) is 2.49. The first-order chi connectivity index (χ1) is 8.82. The molecule has 2 heterocycles. The van der Waals surface area contributed by atoms with E-state index in [1.807, 2.05) is 34.7 Å². The highest BCUT2D eigenvalue weighted by atomic mass is 79.9. The van der Waals surface area contributed by atoms with Crippen molar-refractivity contribution in [3.63, 3.8) is 0 Å². The van der Waals surface area contributed by atoms with E-state index in [9.17, 15) is 5.11 Å². The Morgan fingerprint density at radius 1 is 1.26 bits per heavy atom. The van der Waals surface area contributed by atoms with Crippen LogP contribution < -0.4 is 0 Å². The van der Waals surface area contributed by atoms with Gasteiger partial charge in [0.15, 0.2) is 0 Å². The van der Waals surface area contributed by atoms with E-state index in [2.05, 4.69) is 21.0 Å². The number of furan rings is 1. The van der Waals surface area contributed by atoms with E-state index in [0.717, 1.165) is 38.5 Å². The van der Waals surface area contributed by atoms with Gasteiger partial charge in [-0.1, -0.05) is 0 Å². The van der Waals surface area contributed by atoms with Gasteiger partial charge >= 0.3 is 0 Å². The molecule has 2 aromatic heterocycles. The van der Waals surface area contributed by atoms with Crippen molar-refractivity contribution < 1.29 is 9.52 Å². The Balaban J connectivity index is 2.33. The third-order valence-electron chi connectivity index (χ3n) is 3.60. The molecule has 4 nitrogen and oxygen atoms in total. The molecule has 1 unspecified atom stereocenters. The maximum Gasteiger partial charge on any atom is 0.107 e. The van der Waals surface area contributed by atoms with Crippen molar-refractivity contribution in [2.75, 3.05) is 0 Å². The summed E-state index contributed by atoms with van der Waals surface area (Å²) in [5, 5.41) is 14.8. The summed E-state index contributed by atoms with van der Waals surface area (Å²) in [6, 6.07) is 0. The second-order valence-electron chi connectivity index (χ2n) is 4.94.